The standard InChI is InChI=1S/C10H17N3O4/c1-2-3-12-10(17)13-5-4-11-9(16)7(13)6-8(14)15/h7H,2-6H2,1H3,(H,11,16)(H,12,17)(H,14,15). The third-order valence-electron chi connectivity index (χ3n) is 2.49. The van der Waals surface area contributed by atoms with Gasteiger partial charge in [0.25, 0.3) is 0 Å². The first kappa shape index (κ1) is 13.3. The van der Waals surface area contributed by atoms with E-state index in [9.17, 15) is 14.4 Å². The van der Waals surface area contributed by atoms with Gasteiger partial charge in [0.1, 0.15) is 6.04 Å². The van der Waals surface area contributed by atoms with Crippen LogP contribution in [0.2, 0.25) is 0 Å². The van der Waals surface area contributed by atoms with Crippen molar-refractivity contribution in [3.05, 3.63) is 0 Å². The number of urea groups is 1. The molecule has 0 spiro atoms. The second kappa shape index (κ2) is 6.07. The van der Waals surface area contributed by atoms with Crippen molar-refractivity contribution >= 4 is 17.9 Å². The molecule has 3 N–H and O–H groups in total. The van der Waals surface area contributed by atoms with Crippen LogP contribution in [0.3, 0.4) is 0 Å². The molecule has 96 valence electrons. The predicted molar refractivity (Wildman–Crippen MR) is 59.4 cm³/mol. The van der Waals surface area contributed by atoms with Crippen LogP contribution in [0.25, 0.3) is 0 Å². The van der Waals surface area contributed by atoms with Gasteiger partial charge in [0, 0.05) is 19.6 Å². The molecule has 1 saturated heterocycles. The first-order valence-corrected chi connectivity index (χ1v) is 5.60. The molecule has 0 aromatic carbocycles. The van der Waals surface area contributed by atoms with Gasteiger partial charge >= 0.3 is 12.0 Å². The molecule has 17 heavy (non-hydrogen) atoms. The van der Waals surface area contributed by atoms with E-state index in [-0.39, 0.29) is 12.5 Å². The lowest BCUT2D eigenvalue weighted by atomic mass is 10.1. The number of nitrogens with zero attached hydrogens (tertiary/aromatic N) is 1. The molecule has 7 nitrogen and oxygen atoms in total. The highest BCUT2D eigenvalue weighted by molar-refractivity contribution is 5.91. The summed E-state index contributed by atoms with van der Waals surface area (Å²) in [4.78, 5) is 35.2. The molecule has 1 rings (SSSR count). The number of rotatable bonds is 4. The number of aliphatic carboxylic acids is 1. The second-order valence-corrected chi connectivity index (χ2v) is 3.83. The maximum absolute atomic E-state index is 11.7. The molecule has 1 atom stereocenters. The van der Waals surface area contributed by atoms with Gasteiger partial charge in [-0.3, -0.25) is 9.59 Å². The average molecular weight is 243 g/mol. The van der Waals surface area contributed by atoms with Crippen molar-refractivity contribution in [3.8, 4) is 0 Å². The molecule has 0 aromatic heterocycles. The molecule has 0 saturated carbocycles. The van der Waals surface area contributed by atoms with E-state index in [1.807, 2.05) is 6.92 Å². The van der Waals surface area contributed by atoms with Crippen molar-refractivity contribution in [1.82, 2.24) is 15.5 Å². The highest BCUT2D eigenvalue weighted by Crippen LogP contribution is 2.09. The molecule has 0 bridgehead atoms. The lowest BCUT2D eigenvalue weighted by Crippen LogP contribution is -2.60. The third-order valence-corrected chi connectivity index (χ3v) is 2.49. The lowest BCUT2D eigenvalue weighted by molar-refractivity contribution is -0.142. The van der Waals surface area contributed by atoms with Crippen LogP contribution < -0.4 is 10.6 Å². The Morgan fingerprint density at radius 1 is 1.59 bits per heavy atom. The summed E-state index contributed by atoms with van der Waals surface area (Å²) in [6.45, 7) is 3.11. The summed E-state index contributed by atoms with van der Waals surface area (Å²) in [5, 5.41) is 13.9. The zero-order valence-corrected chi connectivity index (χ0v) is 9.73. The number of carbonyl (C=O) groups excluding carboxylic acids is 2. The summed E-state index contributed by atoms with van der Waals surface area (Å²) < 4.78 is 0. The third kappa shape index (κ3) is 3.61. The van der Waals surface area contributed by atoms with Crippen molar-refractivity contribution in [2.24, 2.45) is 0 Å². The van der Waals surface area contributed by atoms with Crippen molar-refractivity contribution in [3.63, 3.8) is 0 Å². The Kier molecular flexibility index (Phi) is 4.74. The fourth-order valence-corrected chi connectivity index (χ4v) is 1.66. The summed E-state index contributed by atoms with van der Waals surface area (Å²) in [7, 11) is 0. The Hall–Kier alpha value is -1.79. The van der Waals surface area contributed by atoms with E-state index >= 15 is 0 Å². The maximum Gasteiger partial charge on any atom is 0.318 e. The zero-order chi connectivity index (χ0) is 12.8. The normalized spacial score (nSPS) is 19.7. The Bertz CT molecular complexity index is 319. The highest BCUT2D eigenvalue weighted by Gasteiger charge is 2.34. The average Bonchev–Trinajstić information content (AvgIpc) is 2.28. The van der Waals surface area contributed by atoms with Crippen LogP contribution in [0.5, 0.6) is 0 Å². The lowest BCUT2D eigenvalue weighted by Gasteiger charge is -2.34. The van der Waals surface area contributed by atoms with E-state index in [0.29, 0.717) is 19.6 Å². The summed E-state index contributed by atoms with van der Waals surface area (Å²) in [5.74, 6) is -1.51. The van der Waals surface area contributed by atoms with Crippen LogP contribution in [0, 0.1) is 0 Å². The molecule has 1 fully saturated rings. The maximum atomic E-state index is 11.7. The molecule has 1 aliphatic heterocycles. The molecule has 3 amide bonds. The van der Waals surface area contributed by atoms with Crippen LogP contribution >= 0.6 is 0 Å². The number of hydrogen-bond acceptors (Lipinski definition) is 3. The van der Waals surface area contributed by atoms with E-state index in [2.05, 4.69) is 10.6 Å². The molecular formula is C10H17N3O4. The van der Waals surface area contributed by atoms with E-state index in [4.69, 9.17) is 5.11 Å². The fraction of sp³-hybridized carbons (Fsp3) is 0.700. The van der Waals surface area contributed by atoms with Gasteiger partial charge in [-0.1, -0.05) is 6.92 Å². The Labute approximate surface area is 99.2 Å². The number of carbonyl (C=O) groups is 3. The summed E-state index contributed by atoms with van der Waals surface area (Å²) in [5.41, 5.74) is 0. The molecule has 0 aromatic rings. The number of amides is 3. The van der Waals surface area contributed by atoms with Crippen molar-refractivity contribution in [2.45, 2.75) is 25.8 Å². The molecule has 0 aliphatic carbocycles. The van der Waals surface area contributed by atoms with Crippen LogP contribution in [-0.4, -0.2) is 53.6 Å². The molecule has 1 unspecified atom stereocenters. The number of nitrogens with one attached hydrogen (secondary N) is 2. The van der Waals surface area contributed by atoms with E-state index in [1.54, 1.807) is 0 Å². The van der Waals surface area contributed by atoms with Gasteiger partial charge in [-0.25, -0.2) is 4.79 Å². The van der Waals surface area contributed by atoms with Crippen LogP contribution in [-0.2, 0) is 9.59 Å². The van der Waals surface area contributed by atoms with Gasteiger partial charge in [-0.15, -0.1) is 0 Å². The van der Waals surface area contributed by atoms with Crippen LogP contribution in [0.4, 0.5) is 4.79 Å². The zero-order valence-electron chi connectivity index (χ0n) is 9.73. The first-order valence-electron chi connectivity index (χ1n) is 5.60. The Morgan fingerprint density at radius 2 is 2.29 bits per heavy atom. The molecule has 1 aliphatic rings. The van der Waals surface area contributed by atoms with Gasteiger partial charge in [0.05, 0.1) is 6.42 Å². The summed E-state index contributed by atoms with van der Waals surface area (Å²) in [6, 6.07) is -1.30. The van der Waals surface area contributed by atoms with Gasteiger partial charge in [0.15, 0.2) is 0 Å². The van der Waals surface area contributed by atoms with Crippen molar-refractivity contribution in [1.29, 1.82) is 0 Å². The Balaban J connectivity index is 2.67. The van der Waals surface area contributed by atoms with Gasteiger partial charge in [0.2, 0.25) is 5.91 Å². The van der Waals surface area contributed by atoms with Crippen molar-refractivity contribution < 1.29 is 19.5 Å². The number of carboxylic acid groups (broad SMARTS) is 1. The second-order valence-electron chi connectivity index (χ2n) is 3.83. The van der Waals surface area contributed by atoms with Gasteiger partial charge < -0.3 is 20.6 Å². The minimum absolute atomic E-state index is 0.333. The topological polar surface area (TPSA) is 98.7 Å². The number of carboxylic acids is 1. The summed E-state index contributed by atoms with van der Waals surface area (Å²) >= 11 is 0. The SMILES string of the molecule is CCCNC(=O)N1CCNC(=O)C1CC(=O)O. The monoisotopic (exact) mass is 243 g/mol. The number of hydrogen-bond donors (Lipinski definition) is 3. The van der Waals surface area contributed by atoms with Crippen molar-refractivity contribution in [2.75, 3.05) is 19.6 Å². The fourth-order valence-electron chi connectivity index (χ4n) is 1.66. The summed E-state index contributed by atoms with van der Waals surface area (Å²) in [6.07, 6.45) is 0.417. The Morgan fingerprint density at radius 3 is 2.88 bits per heavy atom. The van der Waals surface area contributed by atoms with E-state index < -0.39 is 17.9 Å². The van der Waals surface area contributed by atoms with E-state index in [0.717, 1.165) is 6.42 Å². The quantitative estimate of drug-likeness (QED) is 0.613. The highest BCUT2D eigenvalue weighted by atomic mass is 16.4. The molecule has 7 heteroatoms. The molecule has 1 heterocycles. The predicted octanol–water partition coefficient (Wildman–Crippen LogP) is -0.619. The van der Waals surface area contributed by atoms with Gasteiger partial charge in [-0.05, 0) is 6.42 Å². The first-order chi connectivity index (χ1) is 8.06. The van der Waals surface area contributed by atoms with Gasteiger partial charge in [-0.2, -0.15) is 0 Å². The molecule has 0 radical (unpaired) electrons. The van der Waals surface area contributed by atoms with Crippen LogP contribution in [0.15, 0.2) is 0 Å². The largest absolute Gasteiger partial charge is 0.481 e. The molecular weight excluding hydrogens is 226 g/mol. The minimum atomic E-state index is -1.10. The number of piperazine rings is 1. The van der Waals surface area contributed by atoms with E-state index in [1.165, 1.54) is 4.90 Å². The smallest absolute Gasteiger partial charge is 0.318 e. The van der Waals surface area contributed by atoms with Crippen LogP contribution in [0.1, 0.15) is 19.8 Å². The minimum Gasteiger partial charge on any atom is -0.481 e.